The lowest BCUT2D eigenvalue weighted by Gasteiger charge is -2.38. The Labute approximate surface area is 182 Å². The van der Waals surface area contributed by atoms with Crippen LogP contribution >= 0.6 is 0 Å². The zero-order valence-corrected chi connectivity index (χ0v) is 18.5. The molecule has 0 saturated carbocycles. The monoisotopic (exact) mass is 404 g/mol. The van der Waals surface area contributed by atoms with Gasteiger partial charge in [0.25, 0.3) is 0 Å². The van der Waals surface area contributed by atoms with Gasteiger partial charge in [0.1, 0.15) is 5.75 Å². The summed E-state index contributed by atoms with van der Waals surface area (Å²) in [5, 5.41) is 0. The van der Waals surface area contributed by atoms with Crippen LogP contribution in [0.1, 0.15) is 72.7 Å². The fraction of sp³-hybridized carbons (Fsp3) is 0.556. The molecular formula is C27H36N2O. The van der Waals surface area contributed by atoms with Crippen molar-refractivity contribution >= 4 is 0 Å². The van der Waals surface area contributed by atoms with Crippen LogP contribution in [-0.2, 0) is 0 Å². The van der Waals surface area contributed by atoms with Crippen LogP contribution in [0.15, 0.2) is 42.5 Å². The van der Waals surface area contributed by atoms with E-state index in [1.165, 1.54) is 80.5 Å². The largest absolute Gasteiger partial charge is 0.493 e. The van der Waals surface area contributed by atoms with Crippen molar-refractivity contribution in [1.82, 2.24) is 9.80 Å². The van der Waals surface area contributed by atoms with E-state index in [1.54, 1.807) is 0 Å². The summed E-state index contributed by atoms with van der Waals surface area (Å²) in [6.45, 7) is 9.06. The minimum atomic E-state index is 0.410. The molecule has 3 heterocycles. The third-order valence-corrected chi connectivity index (χ3v) is 7.39. The van der Waals surface area contributed by atoms with Crippen molar-refractivity contribution in [3.8, 4) is 5.75 Å². The van der Waals surface area contributed by atoms with Crippen LogP contribution in [0.3, 0.4) is 0 Å². The molecule has 0 aliphatic carbocycles. The summed E-state index contributed by atoms with van der Waals surface area (Å²) >= 11 is 0. The molecule has 30 heavy (non-hydrogen) atoms. The Morgan fingerprint density at radius 3 is 2.60 bits per heavy atom. The van der Waals surface area contributed by atoms with Crippen molar-refractivity contribution < 1.29 is 4.74 Å². The Morgan fingerprint density at radius 1 is 0.933 bits per heavy atom. The summed E-state index contributed by atoms with van der Waals surface area (Å²) in [4.78, 5) is 5.31. The van der Waals surface area contributed by atoms with Crippen molar-refractivity contribution in [1.29, 1.82) is 0 Å². The number of ether oxygens (including phenoxy) is 1. The molecule has 0 aromatic heterocycles. The fourth-order valence-corrected chi connectivity index (χ4v) is 5.80. The van der Waals surface area contributed by atoms with E-state index in [0.29, 0.717) is 12.0 Å². The van der Waals surface area contributed by atoms with Gasteiger partial charge < -0.3 is 9.64 Å². The molecule has 160 valence electrons. The van der Waals surface area contributed by atoms with E-state index in [2.05, 4.69) is 59.2 Å². The molecule has 0 amide bonds. The normalized spacial score (nSPS) is 24.4. The SMILES string of the molecule is Cc1ccc([C@@H]2CN3CCC[C@H]3c3cccc(OCCCN4CCCCC4)c32)cc1. The number of hydrogen-bond donors (Lipinski definition) is 0. The van der Waals surface area contributed by atoms with Gasteiger partial charge in [-0.15, -0.1) is 0 Å². The van der Waals surface area contributed by atoms with E-state index < -0.39 is 0 Å². The van der Waals surface area contributed by atoms with Crippen LogP contribution in [0.2, 0.25) is 0 Å². The van der Waals surface area contributed by atoms with E-state index in [-0.39, 0.29) is 0 Å². The Morgan fingerprint density at radius 2 is 1.77 bits per heavy atom. The molecule has 0 unspecified atom stereocenters. The van der Waals surface area contributed by atoms with E-state index in [9.17, 15) is 0 Å². The van der Waals surface area contributed by atoms with Crippen molar-refractivity contribution in [2.75, 3.05) is 39.3 Å². The summed E-state index contributed by atoms with van der Waals surface area (Å²) in [5.74, 6) is 1.54. The average molecular weight is 405 g/mol. The number of fused-ring (bicyclic) bond motifs is 3. The molecule has 0 bridgehead atoms. The van der Waals surface area contributed by atoms with Crippen molar-refractivity contribution in [2.45, 2.75) is 57.4 Å². The second-order valence-corrected chi connectivity index (χ2v) is 9.48. The molecule has 3 aliphatic rings. The van der Waals surface area contributed by atoms with Crippen LogP contribution < -0.4 is 4.74 Å². The van der Waals surface area contributed by atoms with E-state index in [1.807, 2.05) is 0 Å². The summed E-state index contributed by atoms with van der Waals surface area (Å²) in [5.41, 5.74) is 5.73. The highest BCUT2D eigenvalue weighted by Gasteiger charge is 2.38. The molecule has 3 aliphatic heterocycles. The number of rotatable bonds is 6. The first-order valence-corrected chi connectivity index (χ1v) is 12.1. The van der Waals surface area contributed by atoms with Crippen LogP contribution in [0, 0.1) is 6.92 Å². The zero-order chi connectivity index (χ0) is 20.3. The highest BCUT2D eigenvalue weighted by Crippen LogP contribution is 2.47. The van der Waals surface area contributed by atoms with Gasteiger partial charge in [-0.3, -0.25) is 4.90 Å². The molecule has 0 radical (unpaired) electrons. The third kappa shape index (κ3) is 4.15. The Kier molecular flexibility index (Phi) is 6.10. The number of benzene rings is 2. The Hall–Kier alpha value is -1.84. The molecule has 2 aromatic carbocycles. The molecule has 2 aromatic rings. The minimum Gasteiger partial charge on any atom is -0.493 e. The summed E-state index contributed by atoms with van der Waals surface area (Å²) in [6, 6.07) is 16.5. The maximum Gasteiger partial charge on any atom is 0.123 e. The quantitative estimate of drug-likeness (QED) is 0.589. The van der Waals surface area contributed by atoms with Crippen LogP contribution in [0.4, 0.5) is 0 Å². The smallest absolute Gasteiger partial charge is 0.123 e. The van der Waals surface area contributed by atoms with E-state index in [4.69, 9.17) is 4.74 Å². The van der Waals surface area contributed by atoms with E-state index in [0.717, 1.165) is 25.3 Å². The van der Waals surface area contributed by atoms with Gasteiger partial charge in [0.2, 0.25) is 0 Å². The molecular weight excluding hydrogens is 368 g/mol. The van der Waals surface area contributed by atoms with E-state index >= 15 is 0 Å². The first kappa shape index (κ1) is 20.1. The van der Waals surface area contributed by atoms with Gasteiger partial charge >= 0.3 is 0 Å². The molecule has 0 spiro atoms. The second-order valence-electron chi connectivity index (χ2n) is 9.48. The van der Waals surface area contributed by atoms with Gasteiger partial charge in [0, 0.05) is 30.6 Å². The lowest BCUT2D eigenvalue weighted by atomic mass is 9.81. The van der Waals surface area contributed by atoms with Gasteiger partial charge in [-0.05, 0) is 75.9 Å². The van der Waals surface area contributed by atoms with Gasteiger partial charge in [-0.2, -0.15) is 0 Å². The topological polar surface area (TPSA) is 15.7 Å². The lowest BCUT2D eigenvalue weighted by molar-refractivity contribution is 0.200. The van der Waals surface area contributed by atoms with Crippen molar-refractivity contribution in [3.63, 3.8) is 0 Å². The highest BCUT2D eigenvalue weighted by atomic mass is 16.5. The van der Waals surface area contributed by atoms with Crippen molar-refractivity contribution in [2.24, 2.45) is 0 Å². The minimum absolute atomic E-state index is 0.410. The summed E-state index contributed by atoms with van der Waals surface area (Å²) in [7, 11) is 0. The first-order chi connectivity index (χ1) is 14.8. The third-order valence-electron chi connectivity index (χ3n) is 7.39. The predicted octanol–water partition coefficient (Wildman–Crippen LogP) is 5.53. The summed E-state index contributed by atoms with van der Waals surface area (Å²) < 4.78 is 6.47. The number of piperidine rings is 1. The van der Waals surface area contributed by atoms with Gasteiger partial charge in [-0.25, -0.2) is 0 Å². The standard InChI is InChI=1S/C27H36N2O/c1-21-11-13-22(14-12-21)24-20-29-18-6-9-25(29)23-8-5-10-26(27(23)24)30-19-7-17-28-15-3-2-4-16-28/h5,8,10-14,24-25H,2-4,6-7,9,15-20H2,1H3/t24-,25-/m0/s1. The highest BCUT2D eigenvalue weighted by molar-refractivity contribution is 5.51. The van der Waals surface area contributed by atoms with Gasteiger partial charge in [0.15, 0.2) is 0 Å². The second kappa shape index (κ2) is 9.11. The van der Waals surface area contributed by atoms with Gasteiger partial charge in [0.05, 0.1) is 6.61 Å². The molecule has 3 nitrogen and oxygen atoms in total. The molecule has 0 N–H and O–H groups in total. The molecule has 2 atom stereocenters. The predicted molar refractivity (Wildman–Crippen MR) is 123 cm³/mol. The number of nitrogens with zero attached hydrogens (tertiary/aromatic N) is 2. The van der Waals surface area contributed by atoms with Crippen LogP contribution in [-0.4, -0.2) is 49.1 Å². The maximum absolute atomic E-state index is 6.47. The summed E-state index contributed by atoms with van der Waals surface area (Å²) in [6.07, 6.45) is 7.85. The zero-order valence-electron chi connectivity index (χ0n) is 18.5. The van der Waals surface area contributed by atoms with Gasteiger partial charge in [-0.1, -0.05) is 48.4 Å². The molecule has 2 fully saturated rings. The van der Waals surface area contributed by atoms with Crippen molar-refractivity contribution in [3.05, 3.63) is 64.7 Å². The van der Waals surface area contributed by atoms with Crippen LogP contribution in [0.5, 0.6) is 5.75 Å². The number of aryl methyl sites for hydroxylation is 1. The maximum atomic E-state index is 6.47. The fourth-order valence-electron chi connectivity index (χ4n) is 5.80. The lowest BCUT2D eigenvalue weighted by Crippen LogP contribution is -2.35. The van der Waals surface area contributed by atoms with Crippen LogP contribution in [0.25, 0.3) is 0 Å². The Bertz CT molecular complexity index is 840. The first-order valence-electron chi connectivity index (χ1n) is 12.1. The molecule has 3 heteroatoms. The average Bonchev–Trinajstić information content (AvgIpc) is 3.26. The molecule has 5 rings (SSSR count). The Balaban J connectivity index is 1.36. The number of hydrogen-bond acceptors (Lipinski definition) is 3. The molecule has 2 saturated heterocycles. The number of likely N-dealkylation sites (tertiary alicyclic amines) is 1.